The molecule has 1 amide bonds. The lowest BCUT2D eigenvalue weighted by atomic mass is 10.3. The van der Waals surface area contributed by atoms with Gasteiger partial charge in [-0.25, -0.2) is 0 Å². The van der Waals surface area contributed by atoms with Crippen molar-refractivity contribution in [3.05, 3.63) is 29.0 Å². The molecule has 0 fully saturated rings. The third-order valence-electron chi connectivity index (χ3n) is 3.63. The maximum atomic E-state index is 12.2. The molecule has 0 aliphatic rings. The van der Waals surface area contributed by atoms with E-state index in [1.807, 2.05) is 36.7 Å². The number of nitrogens with one attached hydrogen (secondary N) is 1. The first-order valence-corrected chi connectivity index (χ1v) is 8.31. The average molecular weight is 330 g/mol. The number of nitrogens with zero attached hydrogens (tertiary/aromatic N) is 5. The zero-order chi connectivity index (χ0) is 16.4. The van der Waals surface area contributed by atoms with Crippen LogP contribution in [-0.2, 0) is 4.79 Å². The molecule has 3 aromatic rings. The molecule has 0 saturated carbocycles. The summed E-state index contributed by atoms with van der Waals surface area (Å²) in [6.07, 6.45) is 0. The van der Waals surface area contributed by atoms with Crippen LogP contribution >= 0.6 is 11.3 Å². The first kappa shape index (κ1) is 15.4. The monoisotopic (exact) mass is 330 g/mol. The van der Waals surface area contributed by atoms with E-state index >= 15 is 0 Å². The lowest BCUT2D eigenvalue weighted by Crippen LogP contribution is -2.39. The van der Waals surface area contributed by atoms with Crippen molar-refractivity contribution in [3.8, 4) is 11.4 Å². The van der Waals surface area contributed by atoms with E-state index in [9.17, 15) is 4.79 Å². The van der Waals surface area contributed by atoms with Crippen LogP contribution in [-0.4, -0.2) is 50.3 Å². The van der Waals surface area contributed by atoms with Crippen LogP contribution in [0.3, 0.4) is 0 Å². The first-order chi connectivity index (χ1) is 11.1. The SMILES string of the molecule is CCN(C)C(=O)C(C)Nc1ccc2nnc(-c3ccsc3)n2n1. The maximum absolute atomic E-state index is 12.2. The van der Waals surface area contributed by atoms with Crippen LogP contribution in [0.4, 0.5) is 5.82 Å². The molecule has 1 atom stereocenters. The van der Waals surface area contributed by atoms with Gasteiger partial charge < -0.3 is 10.2 Å². The highest BCUT2D eigenvalue weighted by Crippen LogP contribution is 2.21. The molecule has 0 spiro atoms. The zero-order valence-corrected chi connectivity index (χ0v) is 14.0. The Morgan fingerprint density at radius 1 is 1.39 bits per heavy atom. The van der Waals surface area contributed by atoms with Crippen molar-refractivity contribution < 1.29 is 4.79 Å². The molecular formula is C15H18N6OS. The summed E-state index contributed by atoms with van der Waals surface area (Å²) in [4.78, 5) is 13.8. The summed E-state index contributed by atoms with van der Waals surface area (Å²) in [5.74, 6) is 1.32. The molecule has 7 nitrogen and oxygen atoms in total. The van der Waals surface area contributed by atoms with Crippen LogP contribution in [0, 0.1) is 0 Å². The Bertz CT molecular complexity index is 813. The van der Waals surface area contributed by atoms with Gasteiger partial charge in [-0.2, -0.15) is 15.9 Å². The van der Waals surface area contributed by atoms with Gasteiger partial charge in [-0.05, 0) is 37.4 Å². The Morgan fingerprint density at radius 3 is 2.91 bits per heavy atom. The van der Waals surface area contributed by atoms with Crippen molar-refractivity contribution in [2.24, 2.45) is 0 Å². The van der Waals surface area contributed by atoms with E-state index in [0.29, 0.717) is 23.8 Å². The molecule has 1 unspecified atom stereocenters. The second-order valence-corrected chi connectivity index (χ2v) is 6.02. The van der Waals surface area contributed by atoms with Gasteiger partial charge in [0.15, 0.2) is 11.5 Å². The van der Waals surface area contributed by atoms with Gasteiger partial charge in [0.2, 0.25) is 5.91 Å². The van der Waals surface area contributed by atoms with E-state index in [0.717, 1.165) is 5.56 Å². The fourth-order valence-corrected chi connectivity index (χ4v) is 2.84. The van der Waals surface area contributed by atoms with Gasteiger partial charge in [0.05, 0.1) is 0 Å². The number of thiophene rings is 1. The predicted octanol–water partition coefficient (Wildman–Crippen LogP) is 2.13. The molecule has 0 aliphatic heterocycles. The minimum Gasteiger partial charge on any atom is -0.357 e. The van der Waals surface area contributed by atoms with Crippen LogP contribution in [0.1, 0.15) is 13.8 Å². The van der Waals surface area contributed by atoms with Crippen LogP contribution in [0.25, 0.3) is 17.0 Å². The Morgan fingerprint density at radius 2 is 2.22 bits per heavy atom. The maximum Gasteiger partial charge on any atom is 0.244 e. The highest BCUT2D eigenvalue weighted by molar-refractivity contribution is 7.08. The summed E-state index contributed by atoms with van der Waals surface area (Å²) in [6, 6.07) is 5.26. The number of rotatable bonds is 5. The Labute approximate surface area is 138 Å². The lowest BCUT2D eigenvalue weighted by Gasteiger charge is -2.20. The molecule has 0 bridgehead atoms. The fourth-order valence-electron chi connectivity index (χ4n) is 2.21. The van der Waals surface area contributed by atoms with E-state index in [1.165, 1.54) is 0 Å². The van der Waals surface area contributed by atoms with E-state index in [2.05, 4.69) is 20.6 Å². The number of fused-ring (bicyclic) bond motifs is 1. The van der Waals surface area contributed by atoms with E-state index < -0.39 is 0 Å². The largest absolute Gasteiger partial charge is 0.357 e. The quantitative estimate of drug-likeness (QED) is 0.775. The standard InChI is InChI=1S/C15H18N6OS/c1-4-20(3)15(22)10(2)16-12-5-6-13-17-18-14(21(13)19-12)11-7-8-23-9-11/h5-10H,4H2,1-3H3,(H,16,19). The van der Waals surface area contributed by atoms with Gasteiger partial charge in [-0.15, -0.1) is 15.3 Å². The summed E-state index contributed by atoms with van der Waals surface area (Å²) in [6.45, 7) is 4.44. The summed E-state index contributed by atoms with van der Waals surface area (Å²) in [5.41, 5.74) is 1.64. The van der Waals surface area contributed by atoms with Crippen molar-refractivity contribution in [2.45, 2.75) is 19.9 Å². The van der Waals surface area contributed by atoms with Crippen LogP contribution in [0.5, 0.6) is 0 Å². The molecule has 120 valence electrons. The van der Waals surface area contributed by atoms with Crippen molar-refractivity contribution in [3.63, 3.8) is 0 Å². The topological polar surface area (TPSA) is 75.4 Å². The molecule has 8 heteroatoms. The number of likely N-dealkylation sites (N-methyl/N-ethyl adjacent to an activating group) is 1. The first-order valence-electron chi connectivity index (χ1n) is 7.36. The van der Waals surface area contributed by atoms with Gasteiger partial charge in [-0.1, -0.05) is 0 Å². The molecule has 3 heterocycles. The number of carbonyl (C=O) groups excluding carboxylic acids is 1. The summed E-state index contributed by atoms with van der Waals surface area (Å²) >= 11 is 1.60. The minimum absolute atomic E-state index is 0.0243. The number of hydrogen-bond acceptors (Lipinski definition) is 6. The number of hydrogen-bond donors (Lipinski definition) is 1. The molecule has 0 radical (unpaired) electrons. The molecular weight excluding hydrogens is 312 g/mol. The van der Waals surface area contributed by atoms with Crippen molar-refractivity contribution in [1.29, 1.82) is 0 Å². The van der Waals surface area contributed by atoms with Crippen molar-refractivity contribution in [2.75, 3.05) is 18.9 Å². The number of carbonyl (C=O) groups is 1. The van der Waals surface area contributed by atoms with Crippen LogP contribution in [0.15, 0.2) is 29.0 Å². The van der Waals surface area contributed by atoms with E-state index in [-0.39, 0.29) is 11.9 Å². The molecule has 1 N–H and O–H groups in total. The predicted molar refractivity (Wildman–Crippen MR) is 90.5 cm³/mol. The normalized spacial score (nSPS) is 12.3. The highest BCUT2D eigenvalue weighted by atomic mass is 32.1. The third kappa shape index (κ3) is 3.02. The highest BCUT2D eigenvalue weighted by Gasteiger charge is 2.17. The molecule has 0 saturated heterocycles. The third-order valence-corrected chi connectivity index (χ3v) is 4.31. The smallest absolute Gasteiger partial charge is 0.244 e. The molecule has 3 aromatic heterocycles. The average Bonchev–Trinajstić information content (AvgIpc) is 3.21. The van der Waals surface area contributed by atoms with E-state index in [4.69, 9.17) is 0 Å². The van der Waals surface area contributed by atoms with Crippen molar-refractivity contribution in [1.82, 2.24) is 24.7 Å². The van der Waals surface area contributed by atoms with Crippen LogP contribution < -0.4 is 5.32 Å². The van der Waals surface area contributed by atoms with Crippen LogP contribution in [0.2, 0.25) is 0 Å². The van der Waals surface area contributed by atoms with E-state index in [1.54, 1.807) is 33.9 Å². The fraction of sp³-hybridized carbons (Fsp3) is 0.333. The number of amides is 1. The number of anilines is 1. The van der Waals surface area contributed by atoms with Gasteiger partial charge in [0.25, 0.3) is 0 Å². The Hall–Kier alpha value is -2.48. The van der Waals surface area contributed by atoms with Gasteiger partial charge >= 0.3 is 0 Å². The Kier molecular flexibility index (Phi) is 4.24. The van der Waals surface area contributed by atoms with Gasteiger partial charge in [-0.3, -0.25) is 4.79 Å². The molecule has 0 aliphatic carbocycles. The van der Waals surface area contributed by atoms with Crippen molar-refractivity contribution >= 4 is 28.7 Å². The molecule has 0 aromatic carbocycles. The van der Waals surface area contributed by atoms with Gasteiger partial charge in [0.1, 0.15) is 11.9 Å². The van der Waals surface area contributed by atoms with Gasteiger partial charge in [0, 0.05) is 24.5 Å². The second kappa shape index (κ2) is 6.33. The lowest BCUT2D eigenvalue weighted by molar-refractivity contribution is -0.130. The summed E-state index contributed by atoms with van der Waals surface area (Å²) in [7, 11) is 1.78. The summed E-state index contributed by atoms with van der Waals surface area (Å²) < 4.78 is 1.69. The molecule has 3 rings (SSSR count). The second-order valence-electron chi connectivity index (χ2n) is 5.24. The number of aromatic nitrogens is 4. The zero-order valence-electron chi connectivity index (χ0n) is 13.2. The minimum atomic E-state index is -0.356. The Balaban J connectivity index is 1.88. The summed E-state index contributed by atoms with van der Waals surface area (Å²) in [5, 5.41) is 19.9. The molecule has 23 heavy (non-hydrogen) atoms.